The first-order valence-corrected chi connectivity index (χ1v) is 11.5. The summed E-state index contributed by atoms with van der Waals surface area (Å²) in [6.07, 6.45) is 6.22. The summed E-state index contributed by atoms with van der Waals surface area (Å²) in [5.74, 6) is 2.08. The lowest BCUT2D eigenvalue weighted by Gasteiger charge is -2.36. The maximum atomic E-state index is 13.0. The van der Waals surface area contributed by atoms with Gasteiger partial charge in [0.25, 0.3) is 5.91 Å². The highest BCUT2D eigenvalue weighted by molar-refractivity contribution is 5.94. The van der Waals surface area contributed by atoms with Crippen molar-refractivity contribution in [2.45, 2.75) is 45.1 Å². The van der Waals surface area contributed by atoms with E-state index in [1.54, 1.807) is 0 Å². The molecule has 2 saturated heterocycles. The Hall–Kier alpha value is -2.89. The third-order valence-electron chi connectivity index (χ3n) is 6.73. The van der Waals surface area contributed by atoms with Gasteiger partial charge in [-0.2, -0.15) is 0 Å². The number of aryl methyl sites for hydroxylation is 1. The van der Waals surface area contributed by atoms with Crippen molar-refractivity contribution in [2.24, 2.45) is 0 Å². The summed E-state index contributed by atoms with van der Waals surface area (Å²) < 4.78 is 0. The van der Waals surface area contributed by atoms with Crippen molar-refractivity contribution in [1.29, 1.82) is 0 Å². The van der Waals surface area contributed by atoms with Gasteiger partial charge < -0.3 is 14.7 Å². The second kappa shape index (κ2) is 8.33. The number of anilines is 1. The van der Waals surface area contributed by atoms with Gasteiger partial charge in [-0.05, 0) is 60.9 Å². The number of hydrogen-bond donors (Lipinski definition) is 0. The third kappa shape index (κ3) is 4.29. The quantitative estimate of drug-likeness (QED) is 0.747. The Balaban J connectivity index is 1.17. The van der Waals surface area contributed by atoms with E-state index in [4.69, 9.17) is 4.98 Å². The van der Waals surface area contributed by atoms with Gasteiger partial charge in [0.1, 0.15) is 5.82 Å². The molecule has 0 spiro atoms. The van der Waals surface area contributed by atoms with Crippen LogP contribution >= 0.6 is 0 Å². The molecule has 0 N–H and O–H groups in total. The molecule has 0 atom stereocenters. The van der Waals surface area contributed by atoms with Crippen molar-refractivity contribution in [3.63, 3.8) is 0 Å². The Morgan fingerprint density at radius 3 is 2.42 bits per heavy atom. The summed E-state index contributed by atoms with van der Waals surface area (Å²) in [5.41, 5.74) is 4.39. The maximum absolute atomic E-state index is 13.0. The van der Waals surface area contributed by atoms with E-state index in [1.807, 2.05) is 40.3 Å². The Bertz CT molecular complexity index is 976. The van der Waals surface area contributed by atoms with Crippen molar-refractivity contribution in [3.05, 3.63) is 58.8 Å². The van der Waals surface area contributed by atoms with E-state index in [2.05, 4.69) is 17.9 Å². The predicted molar refractivity (Wildman–Crippen MR) is 120 cm³/mol. The van der Waals surface area contributed by atoms with Gasteiger partial charge in [0.2, 0.25) is 5.91 Å². The van der Waals surface area contributed by atoms with Gasteiger partial charge in [-0.25, -0.2) is 4.98 Å². The zero-order chi connectivity index (χ0) is 21.4. The maximum Gasteiger partial charge on any atom is 0.253 e. The third-order valence-corrected chi connectivity index (χ3v) is 6.73. The van der Waals surface area contributed by atoms with E-state index in [1.165, 1.54) is 24.0 Å². The molecular formula is C25H30N4O2. The first-order chi connectivity index (χ1) is 15.1. The van der Waals surface area contributed by atoms with Crippen LogP contribution in [0.1, 0.15) is 58.6 Å². The van der Waals surface area contributed by atoms with Crippen molar-refractivity contribution in [2.75, 3.05) is 37.6 Å². The number of carbonyl (C=O) groups is 2. The lowest BCUT2D eigenvalue weighted by molar-refractivity contribution is -0.128. The molecule has 6 nitrogen and oxygen atoms in total. The number of carbonyl (C=O) groups excluding carboxylic acids is 2. The molecule has 3 heterocycles. The summed E-state index contributed by atoms with van der Waals surface area (Å²) in [6, 6.07) is 10.0. The topological polar surface area (TPSA) is 56.8 Å². The number of pyridine rings is 1. The molecule has 0 bridgehead atoms. The Labute approximate surface area is 183 Å². The molecule has 1 aliphatic carbocycles. The fourth-order valence-electron chi connectivity index (χ4n) is 4.71. The molecule has 1 aromatic heterocycles. The van der Waals surface area contributed by atoms with Gasteiger partial charge in [0.05, 0.1) is 0 Å². The number of likely N-dealkylation sites (tertiary alicyclic amines) is 1. The lowest BCUT2D eigenvalue weighted by atomic mass is 10.1. The summed E-state index contributed by atoms with van der Waals surface area (Å²) in [5, 5.41) is 0. The highest BCUT2D eigenvalue weighted by atomic mass is 16.2. The van der Waals surface area contributed by atoms with Crippen LogP contribution in [0.2, 0.25) is 0 Å². The fraction of sp³-hybridized carbons (Fsp3) is 0.480. The van der Waals surface area contributed by atoms with Crippen molar-refractivity contribution < 1.29 is 9.59 Å². The summed E-state index contributed by atoms with van der Waals surface area (Å²) in [4.78, 5) is 35.7. The molecule has 2 amide bonds. The molecule has 0 unspecified atom stereocenters. The number of amides is 2. The molecular weight excluding hydrogens is 388 g/mol. The molecule has 5 rings (SSSR count). The number of rotatable bonds is 5. The zero-order valence-electron chi connectivity index (χ0n) is 18.2. The van der Waals surface area contributed by atoms with Crippen LogP contribution < -0.4 is 4.90 Å². The molecule has 1 aromatic carbocycles. The van der Waals surface area contributed by atoms with Crippen LogP contribution in [0, 0.1) is 6.92 Å². The average molecular weight is 419 g/mol. The number of nitrogens with zero attached hydrogens (tertiary/aromatic N) is 4. The van der Waals surface area contributed by atoms with Crippen LogP contribution in [-0.2, 0) is 11.3 Å². The molecule has 162 valence electrons. The van der Waals surface area contributed by atoms with Gasteiger partial charge in [-0.15, -0.1) is 0 Å². The highest BCUT2D eigenvalue weighted by Gasteiger charge is 2.27. The van der Waals surface area contributed by atoms with Crippen molar-refractivity contribution in [1.82, 2.24) is 14.8 Å². The number of hydrogen-bond acceptors (Lipinski definition) is 4. The smallest absolute Gasteiger partial charge is 0.253 e. The van der Waals surface area contributed by atoms with Gasteiger partial charge in [-0.3, -0.25) is 9.59 Å². The first-order valence-electron chi connectivity index (χ1n) is 11.5. The van der Waals surface area contributed by atoms with Crippen LogP contribution in [0.15, 0.2) is 36.5 Å². The Kier molecular flexibility index (Phi) is 5.38. The molecule has 1 saturated carbocycles. The normalized spacial score (nSPS) is 19.3. The van der Waals surface area contributed by atoms with E-state index in [-0.39, 0.29) is 11.8 Å². The minimum Gasteiger partial charge on any atom is -0.353 e. The first kappa shape index (κ1) is 20.0. The van der Waals surface area contributed by atoms with Gasteiger partial charge in [0.15, 0.2) is 0 Å². The number of benzene rings is 1. The van der Waals surface area contributed by atoms with Crippen LogP contribution in [-0.4, -0.2) is 59.3 Å². The minimum atomic E-state index is 0.0808. The van der Waals surface area contributed by atoms with Crippen LogP contribution in [0.25, 0.3) is 0 Å². The highest BCUT2D eigenvalue weighted by Crippen LogP contribution is 2.40. The van der Waals surface area contributed by atoms with E-state index in [0.29, 0.717) is 31.6 Å². The van der Waals surface area contributed by atoms with Crippen molar-refractivity contribution in [3.8, 4) is 0 Å². The molecule has 2 aliphatic heterocycles. The zero-order valence-corrected chi connectivity index (χ0v) is 18.2. The number of piperazine rings is 1. The van der Waals surface area contributed by atoms with E-state index >= 15 is 0 Å². The van der Waals surface area contributed by atoms with E-state index in [0.717, 1.165) is 43.4 Å². The van der Waals surface area contributed by atoms with Gasteiger partial charge in [0, 0.05) is 57.4 Å². The summed E-state index contributed by atoms with van der Waals surface area (Å²) in [7, 11) is 0. The minimum absolute atomic E-state index is 0.0808. The predicted octanol–water partition coefficient (Wildman–Crippen LogP) is 3.35. The number of aromatic nitrogens is 1. The van der Waals surface area contributed by atoms with E-state index < -0.39 is 0 Å². The fourth-order valence-corrected chi connectivity index (χ4v) is 4.71. The summed E-state index contributed by atoms with van der Waals surface area (Å²) >= 11 is 0. The second-order valence-electron chi connectivity index (χ2n) is 9.08. The molecule has 6 heteroatoms. The van der Waals surface area contributed by atoms with E-state index in [9.17, 15) is 9.59 Å². The van der Waals surface area contributed by atoms with Gasteiger partial charge >= 0.3 is 0 Å². The second-order valence-corrected chi connectivity index (χ2v) is 9.08. The Morgan fingerprint density at radius 1 is 1.06 bits per heavy atom. The standard InChI is InChI=1S/C25H30N4O2/c1-18-15-22(20-8-9-20)16-26-24(18)27-11-13-28(14-12-27)25(31)21-6-4-19(5-7-21)17-29-10-2-3-23(29)30/h4-7,15-16,20H,2-3,8-14,17H2,1H3. The van der Waals surface area contributed by atoms with Gasteiger partial charge in [-0.1, -0.05) is 18.2 Å². The monoisotopic (exact) mass is 418 g/mol. The van der Waals surface area contributed by atoms with Crippen LogP contribution in [0.3, 0.4) is 0 Å². The molecule has 3 fully saturated rings. The average Bonchev–Trinajstić information content (AvgIpc) is 3.57. The van der Waals surface area contributed by atoms with Crippen LogP contribution in [0.4, 0.5) is 5.82 Å². The largest absolute Gasteiger partial charge is 0.353 e. The molecule has 31 heavy (non-hydrogen) atoms. The molecule has 2 aromatic rings. The SMILES string of the molecule is Cc1cc(C2CC2)cnc1N1CCN(C(=O)c2ccc(CN3CCCC3=O)cc2)CC1. The summed E-state index contributed by atoms with van der Waals surface area (Å²) in [6.45, 7) is 6.63. The van der Waals surface area contributed by atoms with Crippen molar-refractivity contribution >= 4 is 17.6 Å². The Morgan fingerprint density at radius 2 is 1.81 bits per heavy atom. The molecule has 0 radical (unpaired) electrons. The lowest BCUT2D eigenvalue weighted by Crippen LogP contribution is -2.49. The molecule has 3 aliphatic rings. The van der Waals surface area contributed by atoms with Crippen LogP contribution in [0.5, 0.6) is 0 Å².